The van der Waals surface area contributed by atoms with Crippen molar-refractivity contribution >= 4 is 52.0 Å². The molecule has 7 N–H and O–H groups in total. The van der Waals surface area contributed by atoms with Crippen LogP contribution in [0.3, 0.4) is 0 Å². The van der Waals surface area contributed by atoms with E-state index < -0.39 is 47.3 Å². The SMILES string of the molecule is CC(C)(O/N=C(\C(=O)N[C@@H]1C(=O)N(c2nn[nH]n2)[C@H]1COC(N)=O)c1csc(N)n1)C(=O)O. The molecule has 1 saturated heterocycles. The fourth-order valence-corrected chi connectivity index (χ4v) is 3.10. The summed E-state index contributed by atoms with van der Waals surface area (Å²) in [5.41, 5.74) is 8.39. The molecule has 176 valence electrons. The Labute approximate surface area is 188 Å². The molecule has 0 saturated carbocycles. The van der Waals surface area contributed by atoms with Gasteiger partial charge in [-0.1, -0.05) is 10.3 Å². The zero-order valence-corrected chi connectivity index (χ0v) is 17.9. The maximum absolute atomic E-state index is 13.0. The van der Waals surface area contributed by atoms with E-state index in [1.165, 1.54) is 19.2 Å². The molecule has 2 aromatic rings. The number of nitrogens with zero attached hydrogens (tertiary/aromatic N) is 6. The number of β-lactam (4-membered cyclic amide) rings is 1. The predicted molar refractivity (Wildman–Crippen MR) is 109 cm³/mol. The lowest BCUT2D eigenvalue weighted by Gasteiger charge is -2.44. The third-order valence-electron chi connectivity index (χ3n) is 4.31. The minimum Gasteiger partial charge on any atom is -0.478 e. The number of primary amides is 1. The Kier molecular flexibility index (Phi) is 6.38. The number of rotatable bonds is 9. The molecule has 0 aromatic carbocycles. The van der Waals surface area contributed by atoms with Crippen molar-refractivity contribution in [3.05, 3.63) is 11.1 Å². The lowest BCUT2D eigenvalue weighted by Crippen LogP contribution is -2.73. The average Bonchev–Trinajstić information content (AvgIpc) is 3.40. The Morgan fingerprint density at radius 2 is 2.15 bits per heavy atom. The molecule has 1 fully saturated rings. The van der Waals surface area contributed by atoms with E-state index in [0.29, 0.717) is 0 Å². The van der Waals surface area contributed by atoms with Gasteiger partial charge in [0.1, 0.15) is 24.4 Å². The minimum absolute atomic E-state index is 0.0112. The topological polar surface area (TPSA) is 254 Å². The van der Waals surface area contributed by atoms with Crippen LogP contribution >= 0.6 is 11.3 Å². The first kappa shape index (κ1) is 23.3. The number of aromatic nitrogens is 5. The Morgan fingerprint density at radius 1 is 1.42 bits per heavy atom. The van der Waals surface area contributed by atoms with Crippen molar-refractivity contribution in [3.8, 4) is 0 Å². The number of carboxylic acid groups (broad SMARTS) is 1. The third-order valence-corrected chi connectivity index (χ3v) is 4.99. The number of carboxylic acids is 1. The standard InChI is InChI=1S/C15H18N10O7S/c1-15(2,11(28)29)32-22-7(5-4-33-12(16)18-5)9(26)19-8-6(3-31-13(17)30)25(10(8)27)14-20-23-24-21-14/h4,6,8H,3H2,1-2H3,(H2,16,18)(H2,17,30)(H,19,26)(H,28,29)(H,20,21,23,24)/b22-7-/t6-,8-/m0/s1. The Balaban J connectivity index is 1.84. The molecule has 33 heavy (non-hydrogen) atoms. The van der Waals surface area contributed by atoms with E-state index in [9.17, 15) is 24.3 Å². The summed E-state index contributed by atoms with van der Waals surface area (Å²) in [7, 11) is 0. The van der Waals surface area contributed by atoms with Gasteiger partial charge >= 0.3 is 12.1 Å². The quantitative estimate of drug-likeness (QED) is 0.145. The number of tetrazole rings is 1. The van der Waals surface area contributed by atoms with Crippen LogP contribution in [-0.4, -0.2) is 84.6 Å². The van der Waals surface area contributed by atoms with Gasteiger partial charge in [0.15, 0.2) is 10.8 Å². The largest absolute Gasteiger partial charge is 0.478 e. The van der Waals surface area contributed by atoms with E-state index in [1.54, 1.807) is 0 Å². The molecule has 18 heteroatoms. The van der Waals surface area contributed by atoms with Gasteiger partial charge in [0.25, 0.3) is 17.8 Å². The second-order valence-corrected chi connectivity index (χ2v) is 7.88. The van der Waals surface area contributed by atoms with Crippen molar-refractivity contribution in [2.75, 3.05) is 17.2 Å². The van der Waals surface area contributed by atoms with Gasteiger partial charge in [-0.25, -0.2) is 14.6 Å². The summed E-state index contributed by atoms with van der Waals surface area (Å²) in [6, 6.07) is -2.13. The zero-order valence-electron chi connectivity index (χ0n) is 17.1. The molecular formula is C15H18N10O7S. The molecule has 3 heterocycles. The van der Waals surface area contributed by atoms with Crippen LogP contribution in [0.4, 0.5) is 15.9 Å². The van der Waals surface area contributed by atoms with Crippen LogP contribution in [0.2, 0.25) is 0 Å². The van der Waals surface area contributed by atoms with Crippen molar-refractivity contribution in [2.24, 2.45) is 10.9 Å². The number of hydrogen-bond donors (Lipinski definition) is 5. The first-order valence-electron chi connectivity index (χ1n) is 9.02. The fraction of sp³-hybridized carbons (Fsp3) is 0.400. The van der Waals surface area contributed by atoms with Crippen molar-refractivity contribution in [3.63, 3.8) is 0 Å². The number of nitrogens with one attached hydrogen (secondary N) is 2. The number of anilines is 2. The second-order valence-electron chi connectivity index (χ2n) is 6.99. The van der Waals surface area contributed by atoms with Crippen molar-refractivity contribution < 1.29 is 33.9 Å². The number of nitrogen functional groups attached to an aromatic ring is 1. The maximum Gasteiger partial charge on any atom is 0.404 e. The van der Waals surface area contributed by atoms with Gasteiger partial charge in [0.2, 0.25) is 5.60 Å². The maximum atomic E-state index is 13.0. The summed E-state index contributed by atoms with van der Waals surface area (Å²) < 4.78 is 4.76. The van der Waals surface area contributed by atoms with E-state index in [2.05, 4.69) is 36.1 Å². The normalized spacial score (nSPS) is 18.4. The molecule has 0 radical (unpaired) electrons. The molecule has 0 bridgehead atoms. The summed E-state index contributed by atoms with van der Waals surface area (Å²) in [5, 5.41) is 29.7. The van der Waals surface area contributed by atoms with Crippen molar-refractivity contribution in [1.82, 2.24) is 30.9 Å². The highest BCUT2D eigenvalue weighted by atomic mass is 32.1. The second kappa shape index (κ2) is 9.02. The van der Waals surface area contributed by atoms with Crippen LogP contribution in [0.15, 0.2) is 10.5 Å². The van der Waals surface area contributed by atoms with E-state index in [-0.39, 0.29) is 23.4 Å². The number of H-pyrrole nitrogens is 1. The number of amides is 3. The molecule has 0 unspecified atom stereocenters. The van der Waals surface area contributed by atoms with E-state index >= 15 is 0 Å². The number of thiazole rings is 1. The summed E-state index contributed by atoms with van der Waals surface area (Å²) in [6.45, 7) is 2.05. The Hall–Kier alpha value is -4.35. The van der Waals surface area contributed by atoms with Gasteiger partial charge in [-0.15, -0.1) is 16.4 Å². The first-order valence-corrected chi connectivity index (χ1v) is 9.89. The zero-order chi connectivity index (χ0) is 24.3. The molecule has 3 amide bonds. The number of aliphatic carboxylic acids is 1. The van der Waals surface area contributed by atoms with E-state index in [4.69, 9.17) is 21.0 Å². The van der Waals surface area contributed by atoms with Crippen LogP contribution in [0, 0.1) is 0 Å². The number of nitrogens with two attached hydrogens (primary N) is 2. The predicted octanol–water partition coefficient (Wildman–Crippen LogP) is -2.18. The third kappa shape index (κ3) is 4.95. The fourth-order valence-electron chi connectivity index (χ4n) is 2.56. The number of hydrogen-bond acceptors (Lipinski definition) is 13. The highest BCUT2D eigenvalue weighted by Gasteiger charge is 2.52. The summed E-state index contributed by atoms with van der Waals surface area (Å²) in [5.74, 6) is -3.03. The molecular weight excluding hydrogens is 464 g/mol. The Morgan fingerprint density at radius 3 is 2.70 bits per heavy atom. The van der Waals surface area contributed by atoms with Gasteiger partial charge < -0.3 is 31.5 Å². The molecule has 1 aliphatic rings. The molecule has 17 nitrogen and oxygen atoms in total. The molecule has 0 spiro atoms. The van der Waals surface area contributed by atoms with Crippen molar-refractivity contribution in [1.29, 1.82) is 0 Å². The molecule has 1 aliphatic heterocycles. The first-order chi connectivity index (χ1) is 15.5. The molecule has 0 aliphatic carbocycles. The van der Waals surface area contributed by atoms with Crippen LogP contribution in [0.25, 0.3) is 0 Å². The highest BCUT2D eigenvalue weighted by Crippen LogP contribution is 2.25. The smallest absolute Gasteiger partial charge is 0.404 e. The highest BCUT2D eigenvalue weighted by molar-refractivity contribution is 7.13. The summed E-state index contributed by atoms with van der Waals surface area (Å²) >= 11 is 1.000. The lowest BCUT2D eigenvalue weighted by molar-refractivity contribution is -0.161. The number of carbonyl (C=O) groups excluding carboxylic acids is 3. The van der Waals surface area contributed by atoms with Crippen LogP contribution in [-0.2, 0) is 24.0 Å². The lowest BCUT2D eigenvalue weighted by atomic mass is 9.95. The number of carbonyl (C=O) groups is 4. The van der Waals surface area contributed by atoms with Gasteiger partial charge in [-0.3, -0.25) is 14.5 Å². The monoisotopic (exact) mass is 482 g/mol. The molecule has 3 rings (SSSR count). The van der Waals surface area contributed by atoms with Crippen LogP contribution in [0.5, 0.6) is 0 Å². The van der Waals surface area contributed by atoms with Crippen LogP contribution < -0.4 is 21.7 Å². The van der Waals surface area contributed by atoms with Gasteiger partial charge in [-0.2, -0.15) is 5.21 Å². The average molecular weight is 482 g/mol. The summed E-state index contributed by atoms with van der Waals surface area (Å²) in [6.07, 6.45) is -1.10. The molecule has 2 aromatic heterocycles. The molecule has 2 atom stereocenters. The van der Waals surface area contributed by atoms with Crippen molar-refractivity contribution in [2.45, 2.75) is 31.5 Å². The van der Waals surface area contributed by atoms with Gasteiger partial charge in [0.05, 0.1) is 0 Å². The van der Waals surface area contributed by atoms with E-state index in [1.807, 2.05) is 0 Å². The Bertz CT molecular complexity index is 1100. The van der Waals surface area contributed by atoms with Gasteiger partial charge in [0, 0.05) is 5.38 Å². The van der Waals surface area contributed by atoms with Gasteiger partial charge in [-0.05, 0) is 19.1 Å². The minimum atomic E-state index is -1.77. The number of ether oxygens (including phenoxy) is 1. The number of aromatic amines is 1. The summed E-state index contributed by atoms with van der Waals surface area (Å²) in [4.78, 5) is 58.0. The number of oxime groups is 1. The van der Waals surface area contributed by atoms with E-state index in [0.717, 1.165) is 16.2 Å². The van der Waals surface area contributed by atoms with Crippen LogP contribution in [0.1, 0.15) is 19.5 Å².